The number of aliphatic hydroxyl groups excluding tert-OH is 1. The topological polar surface area (TPSA) is 32.7 Å². The normalized spacial score (nSPS) is 25.8. The Hall–Kier alpha value is -0.900. The van der Waals surface area contributed by atoms with Gasteiger partial charge in [-0.25, -0.2) is 0 Å². The lowest BCUT2D eigenvalue weighted by Gasteiger charge is -2.41. The predicted octanol–water partition coefficient (Wildman–Crippen LogP) is 3.10. The number of likely N-dealkylation sites (tertiary alicyclic amines) is 1. The molecule has 1 aliphatic rings. The van der Waals surface area contributed by atoms with Gasteiger partial charge in [0.2, 0.25) is 0 Å². The summed E-state index contributed by atoms with van der Waals surface area (Å²) in [5, 5.41) is 10.7. The highest BCUT2D eigenvalue weighted by Crippen LogP contribution is 2.35. The molecule has 0 spiro atoms. The summed E-state index contributed by atoms with van der Waals surface area (Å²) in [6.07, 6.45) is 1.03. The minimum absolute atomic E-state index is 0.180. The van der Waals surface area contributed by atoms with Crippen LogP contribution in [-0.2, 0) is 4.74 Å². The lowest BCUT2D eigenvalue weighted by Crippen LogP contribution is -2.48. The first kappa shape index (κ1) is 16.5. The highest BCUT2D eigenvalue weighted by molar-refractivity contribution is 5.19. The molecule has 1 saturated heterocycles. The van der Waals surface area contributed by atoms with Crippen LogP contribution in [0.4, 0.5) is 0 Å². The molecule has 3 heteroatoms. The second-order valence-corrected chi connectivity index (χ2v) is 7.08. The van der Waals surface area contributed by atoms with E-state index >= 15 is 0 Å². The van der Waals surface area contributed by atoms with Crippen molar-refractivity contribution in [2.24, 2.45) is 11.3 Å². The fourth-order valence-electron chi connectivity index (χ4n) is 3.30. The van der Waals surface area contributed by atoms with Gasteiger partial charge in [0.1, 0.15) is 0 Å². The van der Waals surface area contributed by atoms with E-state index in [2.05, 4.69) is 25.7 Å². The van der Waals surface area contributed by atoms with Gasteiger partial charge in [-0.1, -0.05) is 51.1 Å². The summed E-state index contributed by atoms with van der Waals surface area (Å²) >= 11 is 0. The first-order chi connectivity index (χ1) is 9.94. The predicted molar refractivity (Wildman–Crippen MR) is 86.2 cm³/mol. The van der Waals surface area contributed by atoms with Crippen molar-refractivity contribution in [2.45, 2.75) is 39.4 Å². The summed E-state index contributed by atoms with van der Waals surface area (Å²) < 4.78 is 5.59. The Balaban J connectivity index is 2.00. The zero-order valence-electron chi connectivity index (χ0n) is 13.7. The minimum atomic E-state index is -0.445. The average Bonchev–Trinajstić information content (AvgIpc) is 2.49. The number of hydrogen-bond acceptors (Lipinski definition) is 3. The monoisotopic (exact) mass is 291 g/mol. The fourth-order valence-corrected chi connectivity index (χ4v) is 3.30. The van der Waals surface area contributed by atoms with Crippen LogP contribution in [0.2, 0.25) is 0 Å². The van der Waals surface area contributed by atoms with Gasteiger partial charge in [-0.2, -0.15) is 0 Å². The number of hydrogen-bond donors (Lipinski definition) is 1. The Morgan fingerprint density at radius 1 is 1.33 bits per heavy atom. The Morgan fingerprint density at radius 3 is 2.62 bits per heavy atom. The molecule has 1 aromatic carbocycles. The summed E-state index contributed by atoms with van der Waals surface area (Å²) in [7, 11) is 1.80. The van der Waals surface area contributed by atoms with Gasteiger partial charge in [-0.3, -0.25) is 0 Å². The largest absolute Gasteiger partial charge is 0.388 e. The summed E-state index contributed by atoms with van der Waals surface area (Å²) in [5.74, 6) is 0.619. The summed E-state index contributed by atoms with van der Waals surface area (Å²) in [4.78, 5) is 2.43. The molecule has 1 heterocycles. The van der Waals surface area contributed by atoms with Crippen LogP contribution in [0.5, 0.6) is 0 Å². The Bertz CT molecular complexity index is 432. The van der Waals surface area contributed by atoms with Crippen LogP contribution < -0.4 is 0 Å². The quantitative estimate of drug-likeness (QED) is 0.905. The van der Waals surface area contributed by atoms with Crippen molar-refractivity contribution in [3.63, 3.8) is 0 Å². The maximum absolute atomic E-state index is 10.7. The van der Waals surface area contributed by atoms with E-state index in [1.807, 2.05) is 30.3 Å². The van der Waals surface area contributed by atoms with Gasteiger partial charge in [0.05, 0.1) is 12.2 Å². The number of ether oxygens (including phenoxy) is 1. The molecule has 0 saturated carbocycles. The number of aliphatic hydroxyl groups is 1. The van der Waals surface area contributed by atoms with E-state index < -0.39 is 6.10 Å². The molecule has 1 N–H and O–H groups in total. The van der Waals surface area contributed by atoms with Gasteiger partial charge in [-0.05, 0) is 24.4 Å². The van der Waals surface area contributed by atoms with Crippen molar-refractivity contribution in [1.82, 2.24) is 4.90 Å². The highest BCUT2D eigenvalue weighted by atomic mass is 16.5. The molecule has 0 bridgehead atoms. The average molecular weight is 291 g/mol. The van der Waals surface area contributed by atoms with E-state index in [9.17, 15) is 5.11 Å². The first-order valence-corrected chi connectivity index (χ1v) is 7.92. The summed E-state index contributed by atoms with van der Waals surface area (Å²) in [5.41, 5.74) is 0.816. The van der Waals surface area contributed by atoms with Crippen LogP contribution in [0.25, 0.3) is 0 Å². The van der Waals surface area contributed by atoms with Gasteiger partial charge in [0.15, 0.2) is 0 Å². The number of rotatable bonds is 5. The maximum atomic E-state index is 10.7. The van der Waals surface area contributed by atoms with Crippen molar-refractivity contribution in [3.05, 3.63) is 35.9 Å². The molecule has 0 aromatic heterocycles. The SMILES string of the molecule is COC1CN(CC(C)(C)C(O)c2ccccc2)CCC1C. The highest BCUT2D eigenvalue weighted by Gasteiger charge is 2.34. The third-order valence-corrected chi connectivity index (χ3v) is 4.76. The zero-order chi connectivity index (χ0) is 15.5. The molecule has 118 valence electrons. The third-order valence-electron chi connectivity index (χ3n) is 4.76. The van der Waals surface area contributed by atoms with Gasteiger partial charge in [0, 0.05) is 25.6 Å². The fraction of sp³-hybridized carbons (Fsp3) is 0.667. The third kappa shape index (κ3) is 4.06. The van der Waals surface area contributed by atoms with Gasteiger partial charge in [-0.15, -0.1) is 0 Å². The van der Waals surface area contributed by atoms with E-state index in [0.29, 0.717) is 12.0 Å². The van der Waals surface area contributed by atoms with Gasteiger partial charge >= 0.3 is 0 Å². The molecule has 2 rings (SSSR count). The molecule has 0 radical (unpaired) electrons. The van der Waals surface area contributed by atoms with Crippen molar-refractivity contribution in [2.75, 3.05) is 26.7 Å². The smallest absolute Gasteiger partial charge is 0.0853 e. The van der Waals surface area contributed by atoms with Crippen molar-refractivity contribution in [3.8, 4) is 0 Å². The van der Waals surface area contributed by atoms with Crippen LogP contribution in [0.3, 0.4) is 0 Å². The summed E-state index contributed by atoms with van der Waals surface area (Å²) in [6.45, 7) is 9.48. The maximum Gasteiger partial charge on any atom is 0.0853 e. The second kappa shape index (κ2) is 6.91. The van der Waals surface area contributed by atoms with E-state index in [0.717, 1.165) is 31.6 Å². The molecule has 1 fully saturated rings. The van der Waals surface area contributed by atoms with Crippen LogP contribution in [0.1, 0.15) is 38.9 Å². The second-order valence-electron chi connectivity index (χ2n) is 7.08. The van der Waals surface area contributed by atoms with E-state index in [-0.39, 0.29) is 5.41 Å². The molecule has 3 nitrogen and oxygen atoms in total. The lowest BCUT2D eigenvalue weighted by atomic mass is 9.81. The van der Waals surface area contributed by atoms with Crippen LogP contribution in [-0.4, -0.2) is 42.9 Å². The number of nitrogens with zero attached hydrogens (tertiary/aromatic N) is 1. The Kier molecular flexibility index (Phi) is 5.42. The molecule has 0 aliphatic carbocycles. The molecule has 1 aliphatic heterocycles. The Labute approximate surface area is 128 Å². The van der Waals surface area contributed by atoms with Crippen LogP contribution in [0.15, 0.2) is 30.3 Å². The van der Waals surface area contributed by atoms with E-state index in [1.165, 1.54) is 0 Å². The Morgan fingerprint density at radius 2 is 2.00 bits per heavy atom. The number of piperidine rings is 1. The molecular formula is C18H29NO2. The molecule has 21 heavy (non-hydrogen) atoms. The standard InChI is InChI=1S/C18H29NO2/c1-14-10-11-19(12-16(14)21-4)13-18(2,3)17(20)15-8-6-5-7-9-15/h5-9,14,16-17,20H,10-13H2,1-4H3. The minimum Gasteiger partial charge on any atom is -0.388 e. The molecule has 3 atom stereocenters. The van der Waals surface area contributed by atoms with Crippen LogP contribution >= 0.6 is 0 Å². The van der Waals surface area contributed by atoms with E-state index in [1.54, 1.807) is 7.11 Å². The van der Waals surface area contributed by atoms with Crippen molar-refractivity contribution >= 4 is 0 Å². The van der Waals surface area contributed by atoms with Crippen LogP contribution in [0, 0.1) is 11.3 Å². The first-order valence-electron chi connectivity index (χ1n) is 7.92. The van der Waals surface area contributed by atoms with Crippen molar-refractivity contribution in [1.29, 1.82) is 0 Å². The molecule has 0 amide bonds. The number of methoxy groups -OCH3 is 1. The summed E-state index contributed by atoms with van der Waals surface area (Å²) in [6, 6.07) is 9.96. The van der Waals surface area contributed by atoms with Gasteiger partial charge < -0.3 is 14.7 Å². The lowest BCUT2D eigenvalue weighted by molar-refractivity contribution is -0.0362. The van der Waals surface area contributed by atoms with E-state index in [4.69, 9.17) is 4.74 Å². The zero-order valence-corrected chi connectivity index (χ0v) is 13.7. The number of benzene rings is 1. The molecule has 3 unspecified atom stereocenters. The van der Waals surface area contributed by atoms with Crippen molar-refractivity contribution < 1.29 is 9.84 Å². The molecular weight excluding hydrogens is 262 g/mol. The molecule has 1 aromatic rings. The van der Waals surface area contributed by atoms with Gasteiger partial charge in [0.25, 0.3) is 0 Å².